The van der Waals surface area contributed by atoms with Gasteiger partial charge >= 0.3 is 0 Å². The number of hydrogen-bond acceptors (Lipinski definition) is 2. The fraction of sp³-hybridized carbons (Fsp3) is 0. The second-order valence-electron chi connectivity index (χ2n) is 5.98. The summed E-state index contributed by atoms with van der Waals surface area (Å²) < 4.78 is 6.11. The lowest BCUT2D eigenvalue weighted by Crippen LogP contribution is -1.93. The van der Waals surface area contributed by atoms with Crippen LogP contribution in [-0.2, 0) is 0 Å². The summed E-state index contributed by atoms with van der Waals surface area (Å²) in [5.74, 6) is 1.27. The molecule has 0 amide bonds. The molecule has 0 saturated carbocycles. The number of benzene rings is 4. The number of aromatic hydroxyl groups is 1. The first-order chi connectivity index (χ1) is 12.8. The average molecular weight is 338 g/mol. The van der Waals surface area contributed by atoms with Crippen molar-refractivity contribution in [2.45, 2.75) is 0 Å². The van der Waals surface area contributed by atoms with Crippen LogP contribution in [0.4, 0.5) is 0 Å². The minimum Gasteiger partial charge on any atom is -0.504 e. The van der Waals surface area contributed by atoms with E-state index in [2.05, 4.69) is 12.1 Å². The van der Waals surface area contributed by atoms with Crippen molar-refractivity contribution in [2.24, 2.45) is 0 Å². The van der Waals surface area contributed by atoms with Gasteiger partial charge in [0, 0.05) is 5.56 Å². The topological polar surface area (TPSA) is 29.5 Å². The maximum atomic E-state index is 10.6. The van der Waals surface area contributed by atoms with E-state index >= 15 is 0 Å². The Kier molecular flexibility index (Phi) is 4.40. The van der Waals surface area contributed by atoms with E-state index in [1.54, 1.807) is 6.07 Å². The average Bonchev–Trinajstić information content (AvgIpc) is 2.71. The molecule has 0 fully saturated rings. The molecule has 0 atom stereocenters. The SMILES string of the molecule is Oc1ccc(-c2ccccc2)c(-c2ccccc2)c1Oc1ccccc1. The number of rotatable bonds is 4. The molecule has 26 heavy (non-hydrogen) atoms. The molecule has 0 spiro atoms. The normalized spacial score (nSPS) is 10.5. The molecule has 1 N–H and O–H groups in total. The summed E-state index contributed by atoms with van der Waals surface area (Å²) in [6, 6.07) is 33.3. The first kappa shape index (κ1) is 16.0. The molecule has 0 bridgehead atoms. The Hall–Kier alpha value is -3.52. The van der Waals surface area contributed by atoms with Gasteiger partial charge in [0.15, 0.2) is 11.5 Å². The standard InChI is InChI=1S/C24H18O2/c25-22-17-16-21(18-10-4-1-5-11-18)23(19-12-6-2-7-13-19)24(22)26-20-14-8-3-9-15-20/h1-17,25H. The first-order valence-electron chi connectivity index (χ1n) is 8.52. The molecular weight excluding hydrogens is 320 g/mol. The van der Waals surface area contributed by atoms with Crippen LogP contribution in [0.2, 0.25) is 0 Å². The quantitative estimate of drug-likeness (QED) is 0.459. The van der Waals surface area contributed by atoms with E-state index in [1.807, 2.05) is 84.9 Å². The number of phenols is 1. The Bertz CT molecular complexity index is 994. The number of hydrogen-bond donors (Lipinski definition) is 1. The van der Waals surface area contributed by atoms with E-state index in [0.717, 1.165) is 22.3 Å². The van der Waals surface area contributed by atoms with Crippen molar-refractivity contribution < 1.29 is 9.84 Å². The minimum absolute atomic E-state index is 0.118. The van der Waals surface area contributed by atoms with Crippen LogP contribution in [0, 0.1) is 0 Å². The molecule has 0 heterocycles. The van der Waals surface area contributed by atoms with Gasteiger partial charge in [0.05, 0.1) is 0 Å². The summed E-state index contributed by atoms with van der Waals surface area (Å²) in [4.78, 5) is 0. The molecule has 0 radical (unpaired) electrons. The predicted molar refractivity (Wildman–Crippen MR) is 105 cm³/mol. The summed E-state index contributed by atoms with van der Waals surface area (Å²) in [7, 11) is 0. The van der Waals surface area contributed by atoms with Crippen LogP contribution in [0.3, 0.4) is 0 Å². The first-order valence-corrected chi connectivity index (χ1v) is 8.52. The van der Waals surface area contributed by atoms with E-state index in [4.69, 9.17) is 4.74 Å². The lowest BCUT2D eigenvalue weighted by Gasteiger charge is -2.17. The molecule has 4 aromatic carbocycles. The molecule has 2 nitrogen and oxygen atoms in total. The van der Waals surface area contributed by atoms with Gasteiger partial charge in [-0.2, -0.15) is 0 Å². The highest BCUT2D eigenvalue weighted by molar-refractivity contribution is 5.89. The van der Waals surface area contributed by atoms with Gasteiger partial charge in [-0.1, -0.05) is 78.9 Å². The van der Waals surface area contributed by atoms with Crippen LogP contribution in [0.15, 0.2) is 103 Å². The predicted octanol–water partition coefficient (Wildman–Crippen LogP) is 6.52. The van der Waals surface area contributed by atoms with Crippen molar-refractivity contribution in [2.75, 3.05) is 0 Å². The lowest BCUT2D eigenvalue weighted by atomic mass is 9.93. The fourth-order valence-corrected chi connectivity index (χ4v) is 3.03. The summed E-state index contributed by atoms with van der Waals surface area (Å²) >= 11 is 0. The van der Waals surface area contributed by atoms with Gasteiger partial charge in [-0.3, -0.25) is 0 Å². The van der Waals surface area contributed by atoms with Gasteiger partial charge in [0.2, 0.25) is 0 Å². The zero-order chi connectivity index (χ0) is 17.8. The number of phenolic OH excluding ortho intramolecular Hbond substituents is 1. The zero-order valence-corrected chi connectivity index (χ0v) is 14.2. The van der Waals surface area contributed by atoms with Crippen LogP contribution in [-0.4, -0.2) is 5.11 Å². The fourth-order valence-electron chi connectivity index (χ4n) is 3.03. The van der Waals surface area contributed by atoms with Crippen LogP contribution in [0.5, 0.6) is 17.2 Å². The third kappa shape index (κ3) is 3.17. The third-order valence-electron chi connectivity index (χ3n) is 4.25. The number of ether oxygens (including phenoxy) is 1. The molecular formula is C24H18O2. The maximum absolute atomic E-state index is 10.6. The Labute approximate surface area is 153 Å². The summed E-state index contributed by atoms with van der Waals surface area (Å²) in [5, 5.41) is 10.6. The van der Waals surface area contributed by atoms with Crippen molar-refractivity contribution >= 4 is 0 Å². The smallest absolute Gasteiger partial charge is 0.177 e. The van der Waals surface area contributed by atoms with Crippen molar-refractivity contribution in [3.8, 4) is 39.5 Å². The molecule has 126 valence electrons. The summed E-state index contributed by atoms with van der Waals surface area (Å²) in [6.07, 6.45) is 0. The molecule has 2 heteroatoms. The second kappa shape index (κ2) is 7.16. The molecule has 0 aromatic heterocycles. The molecule has 0 saturated heterocycles. The lowest BCUT2D eigenvalue weighted by molar-refractivity contribution is 0.413. The highest BCUT2D eigenvalue weighted by Gasteiger charge is 2.18. The Morgan fingerprint density at radius 2 is 1.08 bits per heavy atom. The molecule has 0 unspecified atom stereocenters. The van der Waals surface area contributed by atoms with Gasteiger partial charge in [0.1, 0.15) is 5.75 Å². The Morgan fingerprint density at radius 3 is 1.69 bits per heavy atom. The second-order valence-corrected chi connectivity index (χ2v) is 5.98. The van der Waals surface area contributed by atoms with E-state index in [9.17, 15) is 5.11 Å². The minimum atomic E-state index is 0.118. The van der Waals surface area contributed by atoms with Crippen molar-refractivity contribution in [3.05, 3.63) is 103 Å². The molecule has 0 aliphatic heterocycles. The Balaban J connectivity index is 1.95. The molecule has 0 aliphatic carbocycles. The van der Waals surface area contributed by atoms with Gasteiger partial charge in [0.25, 0.3) is 0 Å². The number of para-hydroxylation sites is 1. The van der Waals surface area contributed by atoms with Crippen LogP contribution in [0.1, 0.15) is 0 Å². The van der Waals surface area contributed by atoms with Crippen LogP contribution in [0.25, 0.3) is 22.3 Å². The van der Waals surface area contributed by atoms with E-state index in [1.165, 1.54) is 0 Å². The maximum Gasteiger partial charge on any atom is 0.177 e. The molecule has 0 aliphatic rings. The van der Waals surface area contributed by atoms with Gasteiger partial charge in [-0.15, -0.1) is 0 Å². The summed E-state index contributed by atoms with van der Waals surface area (Å²) in [6.45, 7) is 0. The monoisotopic (exact) mass is 338 g/mol. The highest BCUT2D eigenvalue weighted by atomic mass is 16.5. The summed E-state index contributed by atoms with van der Waals surface area (Å²) in [5.41, 5.74) is 3.96. The van der Waals surface area contributed by atoms with Crippen molar-refractivity contribution in [3.63, 3.8) is 0 Å². The van der Waals surface area contributed by atoms with Gasteiger partial charge in [-0.25, -0.2) is 0 Å². The van der Waals surface area contributed by atoms with Gasteiger partial charge in [-0.05, 0) is 41.0 Å². The van der Waals surface area contributed by atoms with E-state index in [0.29, 0.717) is 11.5 Å². The van der Waals surface area contributed by atoms with Crippen LogP contribution < -0.4 is 4.74 Å². The largest absolute Gasteiger partial charge is 0.504 e. The highest BCUT2D eigenvalue weighted by Crippen LogP contribution is 2.46. The third-order valence-corrected chi connectivity index (χ3v) is 4.25. The Morgan fingerprint density at radius 1 is 0.538 bits per heavy atom. The van der Waals surface area contributed by atoms with E-state index < -0.39 is 0 Å². The van der Waals surface area contributed by atoms with Crippen molar-refractivity contribution in [1.82, 2.24) is 0 Å². The van der Waals surface area contributed by atoms with Crippen LogP contribution >= 0.6 is 0 Å². The van der Waals surface area contributed by atoms with Gasteiger partial charge < -0.3 is 9.84 Å². The molecule has 4 aromatic rings. The van der Waals surface area contributed by atoms with E-state index in [-0.39, 0.29) is 5.75 Å². The zero-order valence-electron chi connectivity index (χ0n) is 14.2. The van der Waals surface area contributed by atoms with Crippen molar-refractivity contribution in [1.29, 1.82) is 0 Å². The molecule has 4 rings (SSSR count).